The maximum absolute atomic E-state index is 12.7. The van der Waals surface area contributed by atoms with Crippen LogP contribution in [-0.2, 0) is 22.7 Å². The Morgan fingerprint density at radius 2 is 1.94 bits per heavy atom. The van der Waals surface area contributed by atoms with Crippen molar-refractivity contribution in [3.8, 4) is 0 Å². The number of fused-ring (bicyclic) bond motifs is 1. The molecule has 0 aliphatic carbocycles. The highest BCUT2D eigenvalue weighted by molar-refractivity contribution is 8.00. The van der Waals surface area contributed by atoms with Gasteiger partial charge in [0, 0.05) is 35.7 Å². The molecule has 184 valence electrons. The molecule has 1 saturated heterocycles. The van der Waals surface area contributed by atoms with Crippen molar-refractivity contribution in [3.63, 3.8) is 0 Å². The highest BCUT2D eigenvalue weighted by Gasteiger charge is 2.39. The molecule has 1 unspecified atom stereocenters. The van der Waals surface area contributed by atoms with Crippen LogP contribution >= 0.6 is 23.4 Å². The van der Waals surface area contributed by atoms with E-state index in [1.807, 2.05) is 0 Å². The smallest absolute Gasteiger partial charge is 0.334 e. The minimum atomic E-state index is -4.48. The summed E-state index contributed by atoms with van der Waals surface area (Å²) in [5.41, 5.74) is -2.40. The lowest BCUT2D eigenvalue weighted by atomic mass is 10.0. The molecular formula is C22H18ClF3N4O4S. The number of nitrogens with one attached hydrogen (secondary N) is 3. The molecule has 2 aliphatic heterocycles. The number of amides is 5. The fourth-order valence-corrected chi connectivity index (χ4v) is 4.72. The number of carbonyl (C=O) groups is 4. The standard InChI is InChI=1S/C22H18ClF3N4O4S/c23-15-8-13(2-5-17(15)35-22(24,25)26)28-21(34)27-9-11-1-3-14-12(7-11)10-30(20(14)33)16-4-6-18(31)29-19(16)32/h1-3,5,7-8,16H,4,6,9-10H2,(H2,27,28,34)(H,29,31,32). The zero-order chi connectivity index (χ0) is 25.3. The maximum Gasteiger partial charge on any atom is 0.446 e. The molecule has 5 amide bonds. The molecule has 35 heavy (non-hydrogen) atoms. The summed E-state index contributed by atoms with van der Waals surface area (Å²) in [4.78, 5) is 49.7. The number of benzene rings is 2. The third-order valence-corrected chi connectivity index (χ3v) is 6.69. The van der Waals surface area contributed by atoms with Crippen molar-refractivity contribution in [2.45, 2.75) is 42.4 Å². The number of rotatable bonds is 5. The van der Waals surface area contributed by atoms with E-state index in [9.17, 15) is 32.3 Å². The number of halogens is 4. The third-order valence-electron chi connectivity index (χ3n) is 5.46. The van der Waals surface area contributed by atoms with Crippen LogP contribution in [0, 0.1) is 0 Å². The second kappa shape index (κ2) is 9.78. The quantitative estimate of drug-likeness (QED) is 0.403. The summed E-state index contributed by atoms with van der Waals surface area (Å²) in [7, 11) is 0. The van der Waals surface area contributed by atoms with E-state index < -0.39 is 23.5 Å². The van der Waals surface area contributed by atoms with Gasteiger partial charge in [0.1, 0.15) is 6.04 Å². The van der Waals surface area contributed by atoms with Gasteiger partial charge in [-0.1, -0.05) is 23.7 Å². The van der Waals surface area contributed by atoms with E-state index in [0.29, 0.717) is 16.7 Å². The first-order valence-corrected chi connectivity index (χ1v) is 11.6. The van der Waals surface area contributed by atoms with Crippen molar-refractivity contribution in [2.75, 3.05) is 5.32 Å². The number of hydrogen-bond acceptors (Lipinski definition) is 5. The first-order chi connectivity index (χ1) is 16.5. The van der Waals surface area contributed by atoms with E-state index in [0.717, 1.165) is 0 Å². The molecule has 2 heterocycles. The lowest BCUT2D eigenvalue weighted by Crippen LogP contribution is -2.52. The molecule has 0 aromatic heterocycles. The van der Waals surface area contributed by atoms with Gasteiger partial charge < -0.3 is 15.5 Å². The van der Waals surface area contributed by atoms with Crippen molar-refractivity contribution in [1.29, 1.82) is 0 Å². The number of carbonyl (C=O) groups excluding carboxylic acids is 4. The number of anilines is 1. The summed E-state index contributed by atoms with van der Waals surface area (Å²) in [6.45, 7) is 0.322. The van der Waals surface area contributed by atoms with Gasteiger partial charge in [-0.3, -0.25) is 19.7 Å². The van der Waals surface area contributed by atoms with E-state index in [2.05, 4.69) is 16.0 Å². The number of thioether (sulfide) groups is 1. The van der Waals surface area contributed by atoms with Gasteiger partial charge in [0.2, 0.25) is 11.8 Å². The number of nitrogens with zero attached hydrogens (tertiary/aromatic N) is 1. The minimum Gasteiger partial charge on any atom is -0.334 e. The van der Waals surface area contributed by atoms with Crippen LogP contribution < -0.4 is 16.0 Å². The summed E-state index contributed by atoms with van der Waals surface area (Å²) in [5.74, 6) is -1.15. The molecule has 0 bridgehead atoms. The summed E-state index contributed by atoms with van der Waals surface area (Å²) in [6.07, 6.45) is 0.425. The van der Waals surface area contributed by atoms with E-state index >= 15 is 0 Å². The lowest BCUT2D eigenvalue weighted by molar-refractivity contribution is -0.136. The van der Waals surface area contributed by atoms with Gasteiger partial charge in [0.25, 0.3) is 5.91 Å². The Morgan fingerprint density at radius 3 is 2.63 bits per heavy atom. The predicted molar refractivity (Wildman–Crippen MR) is 122 cm³/mol. The first kappa shape index (κ1) is 24.9. The highest BCUT2D eigenvalue weighted by atomic mass is 35.5. The number of hydrogen-bond donors (Lipinski definition) is 3. The molecule has 8 nitrogen and oxygen atoms in total. The van der Waals surface area contributed by atoms with E-state index in [4.69, 9.17) is 11.6 Å². The van der Waals surface area contributed by atoms with Crippen LogP contribution in [0.25, 0.3) is 0 Å². The van der Waals surface area contributed by atoms with Gasteiger partial charge >= 0.3 is 11.5 Å². The van der Waals surface area contributed by atoms with Crippen molar-refractivity contribution < 1.29 is 32.3 Å². The number of alkyl halides is 3. The highest BCUT2D eigenvalue weighted by Crippen LogP contribution is 2.41. The van der Waals surface area contributed by atoms with Crippen molar-refractivity contribution in [3.05, 3.63) is 58.1 Å². The van der Waals surface area contributed by atoms with Crippen LogP contribution in [0.4, 0.5) is 23.7 Å². The Kier molecular flexibility index (Phi) is 6.95. The minimum absolute atomic E-state index is 0.113. The van der Waals surface area contributed by atoms with Gasteiger partial charge in [-0.2, -0.15) is 13.2 Å². The van der Waals surface area contributed by atoms with Crippen molar-refractivity contribution >= 4 is 52.8 Å². The van der Waals surface area contributed by atoms with Crippen LogP contribution in [0.15, 0.2) is 41.3 Å². The Bertz CT molecular complexity index is 1220. The molecule has 2 aliphatic rings. The van der Waals surface area contributed by atoms with Crippen LogP contribution in [0.1, 0.15) is 34.3 Å². The zero-order valence-electron chi connectivity index (χ0n) is 17.9. The molecule has 2 aromatic carbocycles. The van der Waals surface area contributed by atoms with E-state index in [1.165, 1.54) is 23.1 Å². The number of piperidine rings is 1. The van der Waals surface area contributed by atoms with E-state index in [-0.39, 0.29) is 65.1 Å². The van der Waals surface area contributed by atoms with Gasteiger partial charge in [-0.05, 0) is 53.6 Å². The average Bonchev–Trinajstić information content (AvgIpc) is 3.09. The summed E-state index contributed by atoms with van der Waals surface area (Å²) in [5, 5.41) is 7.24. The molecule has 1 atom stereocenters. The maximum atomic E-state index is 12.7. The summed E-state index contributed by atoms with van der Waals surface area (Å²) >= 11 is 5.53. The fourth-order valence-electron chi connectivity index (χ4n) is 3.88. The molecule has 13 heteroatoms. The largest absolute Gasteiger partial charge is 0.446 e. The Morgan fingerprint density at radius 1 is 1.17 bits per heavy atom. The second-order valence-corrected chi connectivity index (χ2v) is 9.41. The van der Waals surface area contributed by atoms with Gasteiger partial charge in [0.15, 0.2) is 0 Å². The third kappa shape index (κ3) is 5.88. The topological polar surface area (TPSA) is 108 Å². The molecule has 0 saturated carbocycles. The summed E-state index contributed by atoms with van der Waals surface area (Å²) in [6, 6.07) is 7.43. The van der Waals surface area contributed by atoms with Crippen LogP contribution in [0.2, 0.25) is 5.02 Å². The van der Waals surface area contributed by atoms with Gasteiger partial charge in [-0.25, -0.2) is 4.79 Å². The Balaban J connectivity index is 1.34. The van der Waals surface area contributed by atoms with Crippen LogP contribution in [0.5, 0.6) is 0 Å². The van der Waals surface area contributed by atoms with E-state index in [1.54, 1.807) is 18.2 Å². The molecular weight excluding hydrogens is 509 g/mol. The molecule has 4 rings (SSSR count). The van der Waals surface area contributed by atoms with Crippen molar-refractivity contribution in [2.24, 2.45) is 0 Å². The Labute approximate surface area is 206 Å². The van der Waals surface area contributed by atoms with Crippen LogP contribution in [0.3, 0.4) is 0 Å². The van der Waals surface area contributed by atoms with Gasteiger partial charge in [0.05, 0.1) is 5.02 Å². The SMILES string of the molecule is O=C1CCC(N2Cc3cc(CNC(=O)Nc4ccc(SC(F)(F)F)c(Cl)c4)ccc3C2=O)C(=O)N1. The first-order valence-electron chi connectivity index (χ1n) is 10.4. The van der Waals surface area contributed by atoms with Crippen LogP contribution in [-0.4, -0.2) is 40.2 Å². The molecule has 0 spiro atoms. The zero-order valence-corrected chi connectivity index (χ0v) is 19.4. The van der Waals surface area contributed by atoms with Crippen molar-refractivity contribution in [1.82, 2.24) is 15.5 Å². The Hall–Kier alpha value is -3.25. The lowest BCUT2D eigenvalue weighted by Gasteiger charge is -2.29. The molecule has 2 aromatic rings. The normalized spacial score (nSPS) is 17.8. The predicted octanol–water partition coefficient (Wildman–Crippen LogP) is 4.03. The molecule has 1 fully saturated rings. The molecule has 0 radical (unpaired) electrons. The van der Waals surface area contributed by atoms with Gasteiger partial charge in [-0.15, -0.1) is 0 Å². The fraction of sp³-hybridized carbons (Fsp3) is 0.273. The average molecular weight is 527 g/mol. The molecule has 3 N–H and O–H groups in total. The number of imide groups is 1. The second-order valence-electron chi connectivity index (χ2n) is 7.89. The monoisotopic (exact) mass is 526 g/mol. The number of urea groups is 1. The summed E-state index contributed by atoms with van der Waals surface area (Å²) < 4.78 is 37.6.